The van der Waals surface area contributed by atoms with Crippen LogP contribution in [0, 0.1) is 12.7 Å². The summed E-state index contributed by atoms with van der Waals surface area (Å²) in [7, 11) is 0. The fourth-order valence-corrected chi connectivity index (χ4v) is 2.71. The van der Waals surface area contributed by atoms with Crippen LogP contribution in [0.25, 0.3) is 0 Å². The summed E-state index contributed by atoms with van der Waals surface area (Å²) in [5.41, 5.74) is 4.12. The van der Waals surface area contributed by atoms with Crippen molar-refractivity contribution in [1.29, 1.82) is 0 Å². The molecule has 1 aliphatic heterocycles. The minimum absolute atomic E-state index is 0.279. The molecule has 5 heteroatoms. The topological polar surface area (TPSA) is 29.9 Å². The lowest BCUT2D eigenvalue weighted by Crippen LogP contribution is -2.25. The molecule has 0 radical (unpaired) electrons. The van der Waals surface area contributed by atoms with Crippen LogP contribution >= 0.6 is 11.6 Å². The van der Waals surface area contributed by atoms with E-state index in [2.05, 4.69) is 10.4 Å². The van der Waals surface area contributed by atoms with Gasteiger partial charge in [0, 0.05) is 17.1 Å². The average molecular weight is 280 g/mol. The molecule has 1 aromatic carbocycles. The third kappa shape index (κ3) is 2.38. The minimum Gasteiger partial charge on any atom is -0.311 e. The first kappa shape index (κ1) is 12.6. The molecule has 2 heterocycles. The smallest absolute Gasteiger partial charge is 0.129 e. The lowest BCUT2D eigenvalue weighted by Gasteiger charge is -2.15. The summed E-state index contributed by atoms with van der Waals surface area (Å²) in [6.45, 7) is 4.24. The number of rotatable bonds is 2. The second-order valence-corrected chi connectivity index (χ2v) is 5.27. The third-order valence-electron chi connectivity index (χ3n) is 3.55. The van der Waals surface area contributed by atoms with Gasteiger partial charge in [-0.25, -0.2) is 4.39 Å². The van der Waals surface area contributed by atoms with Gasteiger partial charge in [-0.2, -0.15) is 5.10 Å². The third-order valence-corrected chi connectivity index (χ3v) is 3.78. The van der Waals surface area contributed by atoms with Gasteiger partial charge < -0.3 is 5.32 Å². The van der Waals surface area contributed by atoms with Crippen LogP contribution in [0.1, 0.15) is 22.5 Å². The number of hydrogen-bond donors (Lipinski definition) is 1. The number of hydrogen-bond acceptors (Lipinski definition) is 2. The van der Waals surface area contributed by atoms with Crippen molar-refractivity contribution in [3.05, 3.63) is 51.6 Å². The number of aryl methyl sites for hydroxylation is 1. The molecule has 0 fully saturated rings. The summed E-state index contributed by atoms with van der Waals surface area (Å²) in [6.07, 6.45) is 0.990. The SMILES string of the molecule is Cc1nn(Cc2ccc(Cl)cc2F)c2c1CCNC2. The zero-order valence-corrected chi connectivity index (χ0v) is 11.5. The second-order valence-electron chi connectivity index (χ2n) is 4.83. The summed E-state index contributed by atoms with van der Waals surface area (Å²) in [5.74, 6) is -0.279. The Labute approximate surface area is 116 Å². The molecule has 0 atom stereocenters. The van der Waals surface area contributed by atoms with E-state index in [1.165, 1.54) is 11.6 Å². The van der Waals surface area contributed by atoms with Gasteiger partial charge in [0.2, 0.25) is 0 Å². The van der Waals surface area contributed by atoms with Crippen molar-refractivity contribution in [1.82, 2.24) is 15.1 Å². The van der Waals surface area contributed by atoms with Crippen LogP contribution in [-0.2, 0) is 19.5 Å². The van der Waals surface area contributed by atoms with Crippen LogP contribution < -0.4 is 5.32 Å². The lowest BCUT2D eigenvalue weighted by atomic mass is 10.1. The molecule has 0 unspecified atom stereocenters. The standard InChI is InChI=1S/C14H15ClFN3/c1-9-12-4-5-17-7-14(12)19(18-9)8-10-2-3-11(15)6-13(10)16/h2-3,6,17H,4-5,7-8H2,1H3. The van der Waals surface area contributed by atoms with E-state index in [1.807, 2.05) is 11.6 Å². The number of fused-ring (bicyclic) bond motifs is 1. The Morgan fingerprint density at radius 3 is 3.11 bits per heavy atom. The van der Waals surface area contributed by atoms with E-state index < -0.39 is 0 Å². The van der Waals surface area contributed by atoms with E-state index in [0.29, 0.717) is 17.1 Å². The molecule has 2 aromatic rings. The highest BCUT2D eigenvalue weighted by Crippen LogP contribution is 2.21. The molecule has 19 heavy (non-hydrogen) atoms. The van der Waals surface area contributed by atoms with E-state index in [4.69, 9.17) is 11.6 Å². The largest absolute Gasteiger partial charge is 0.311 e. The fraction of sp³-hybridized carbons (Fsp3) is 0.357. The summed E-state index contributed by atoms with van der Waals surface area (Å²) in [6, 6.07) is 4.77. The predicted octanol–water partition coefficient (Wildman–Crippen LogP) is 2.68. The Kier molecular flexibility index (Phi) is 3.29. The van der Waals surface area contributed by atoms with E-state index in [9.17, 15) is 4.39 Å². The first-order valence-electron chi connectivity index (χ1n) is 6.35. The maximum absolute atomic E-state index is 13.8. The summed E-state index contributed by atoms with van der Waals surface area (Å²) < 4.78 is 15.7. The molecule has 1 N–H and O–H groups in total. The molecule has 0 saturated carbocycles. The molecular weight excluding hydrogens is 265 g/mol. The van der Waals surface area contributed by atoms with Crippen LogP contribution in [0.4, 0.5) is 4.39 Å². The van der Waals surface area contributed by atoms with Gasteiger partial charge in [-0.15, -0.1) is 0 Å². The van der Waals surface area contributed by atoms with Crippen molar-refractivity contribution < 1.29 is 4.39 Å². The molecule has 0 bridgehead atoms. The molecule has 0 saturated heterocycles. The van der Waals surface area contributed by atoms with Crippen molar-refractivity contribution in [2.75, 3.05) is 6.54 Å². The normalized spacial score (nSPS) is 14.5. The Morgan fingerprint density at radius 2 is 2.32 bits per heavy atom. The van der Waals surface area contributed by atoms with Gasteiger partial charge in [0.15, 0.2) is 0 Å². The zero-order valence-electron chi connectivity index (χ0n) is 10.7. The quantitative estimate of drug-likeness (QED) is 0.916. The van der Waals surface area contributed by atoms with Crippen LogP contribution in [0.15, 0.2) is 18.2 Å². The Hall–Kier alpha value is -1.39. The Bertz CT molecular complexity index is 621. The lowest BCUT2D eigenvalue weighted by molar-refractivity contribution is 0.548. The Morgan fingerprint density at radius 1 is 1.47 bits per heavy atom. The number of nitrogens with zero attached hydrogens (tertiary/aromatic N) is 2. The van der Waals surface area contributed by atoms with Crippen molar-refractivity contribution in [3.8, 4) is 0 Å². The van der Waals surface area contributed by atoms with Crippen molar-refractivity contribution in [3.63, 3.8) is 0 Å². The molecule has 0 aliphatic carbocycles. The van der Waals surface area contributed by atoms with Gasteiger partial charge in [-0.1, -0.05) is 17.7 Å². The van der Waals surface area contributed by atoms with Gasteiger partial charge in [0.1, 0.15) is 5.82 Å². The summed E-state index contributed by atoms with van der Waals surface area (Å²) in [4.78, 5) is 0. The Balaban J connectivity index is 1.95. The molecular formula is C14H15ClFN3. The predicted molar refractivity (Wildman–Crippen MR) is 72.9 cm³/mol. The highest BCUT2D eigenvalue weighted by molar-refractivity contribution is 6.30. The number of aromatic nitrogens is 2. The van der Waals surface area contributed by atoms with Crippen molar-refractivity contribution >= 4 is 11.6 Å². The molecule has 1 aliphatic rings. The molecule has 100 valence electrons. The molecule has 3 rings (SSSR count). The minimum atomic E-state index is -0.279. The van der Waals surface area contributed by atoms with Gasteiger partial charge in [0.25, 0.3) is 0 Å². The first-order chi connectivity index (χ1) is 9.15. The van der Waals surface area contributed by atoms with Gasteiger partial charge >= 0.3 is 0 Å². The molecule has 3 nitrogen and oxygen atoms in total. The fourth-order valence-electron chi connectivity index (χ4n) is 2.55. The van der Waals surface area contributed by atoms with Crippen LogP contribution in [0.3, 0.4) is 0 Å². The van der Waals surface area contributed by atoms with Crippen molar-refractivity contribution in [2.45, 2.75) is 26.4 Å². The van der Waals surface area contributed by atoms with E-state index in [1.54, 1.807) is 12.1 Å². The highest BCUT2D eigenvalue weighted by Gasteiger charge is 2.18. The van der Waals surface area contributed by atoms with E-state index in [0.717, 1.165) is 30.9 Å². The van der Waals surface area contributed by atoms with E-state index >= 15 is 0 Å². The first-order valence-corrected chi connectivity index (χ1v) is 6.73. The maximum Gasteiger partial charge on any atom is 0.129 e. The maximum atomic E-state index is 13.8. The monoisotopic (exact) mass is 279 g/mol. The van der Waals surface area contributed by atoms with Crippen LogP contribution in [0.5, 0.6) is 0 Å². The van der Waals surface area contributed by atoms with E-state index in [-0.39, 0.29) is 5.82 Å². The molecule has 0 amide bonds. The van der Waals surface area contributed by atoms with Crippen molar-refractivity contribution in [2.24, 2.45) is 0 Å². The number of benzene rings is 1. The second kappa shape index (κ2) is 4.94. The highest BCUT2D eigenvalue weighted by atomic mass is 35.5. The zero-order chi connectivity index (χ0) is 13.4. The summed E-state index contributed by atoms with van der Waals surface area (Å²) >= 11 is 5.77. The van der Waals surface area contributed by atoms with Crippen LogP contribution in [0.2, 0.25) is 5.02 Å². The summed E-state index contributed by atoms with van der Waals surface area (Å²) in [5, 5.41) is 8.27. The van der Waals surface area contributed by atoms with Gasteiger partial charge in [0.05, 0.1) is 17.9 Å². The van der Waals surface area contributed by atoms with Crippen LogP contribution in [-0.4, -0.2) is 16.3 Å². The molecule has 1 aromatic heterocycles. The van der Waals surface area contributed by atoms with Gasteiger partial charge in [-0.3, -0.25) is 4.68 Å². The average Bonchev–Trinajstić information content (AvgIpc) is 2.71. The number of halogens is 2. The molecule has 0 spiro atoms. The van der Waals surface area contributed by atoms with Gasteiger partial charge in [-0.05, 0) is 37.6 Å². The number of nitrogens with one attached hydrogen (secondary N) is 1.